The van der Waals surface area contributed by atoms with E-state index in [0.29, 0.717) is 18.3 Å². The monoisotopic (exact) mass is 301 g/mol. The van der Waals surface area contributed by atoms with Gasteiger partial charge in [-0.1, -0.05) is 6.07 Å². The molecule has 2 rings (SSSR count). The zero-order valence-corrected chi connectivity index (χ0v) is 12.4. The van der Waals surface area contributed by atoms with Crippen LogP contribution < -0.4 is 10.6 Å². The summed E-state index contributed by atoms with van der Waals surface area (Å²) in [6, 6.07) is 6.52. The second kappa shape index (κ2) is 8.19. The minimum Gasteiger partial charge on any atom is -0.325 e. The fourth-order valence-electron chi connectivity index (χ4n) is 2.35. The number of nitrogens with zero attached hydrogens (tertiary/aromatic N) is 1. The third-order valence-electron chi connectivity index (χ3n) is 3.47. The summed E-state index contributed by atoms with van der Waals surface area (Å²) >= 11 is 0. The molecule has 0 atom stereocenters. The molecule has 0 radical (unpaired) electrons. The summed E-state index contributed by atoms with van der Waals surface area (Å²) in [5.74, 6) is -0.429. The lowest BCUT2D eigenvalue weighted by atomic mass is 10.1. The maximum absolute atomic E-state index is 13.0. The molecule has 0 saturated carbocycles. The quantitative estimate of drug-likeness (QED) is 0.892. The zero-order valence-electron chi connectivity index (χ0n) is 11.6. The minimum absolute atomic E-state index is 0. The Hall–Kier alpha value is -1.17. The summed E-state index contributed by atoms with van der Waals surface area (Å²) in [4.78, 5) is 14.0. The maximum Gasteiger partial charge on any atom is 0.238 e. The molecule has 0 spiro atoms. The summed E-state index contributed by atoms with van der Waals surface area (Å²) in [5.41, 5.74) is 0.509. The van der Waals surface area contributed by atoms with E-state index in [1.807, 2.05) is 7.05 Å². The van der Waals surface area contributed by atoms with Gasteiger partial charge >= 0.3 is 0 Å². The second-order valence-electron chi connectivity index (χ2n) is 4.90. The first kappa shape index (κ1) is 16.9. The highest BCUT2D eigenvalue weighted by Crippen LogP contribution is 2.11. The Kier molecular flexibility index (Phi) is 6.91. The molecule has 1 heterocycles. The number of anilines is 1. The largest absolute Gasteiger partial charge is 0.325 e. The number of rotatable bonds is 4. The minimum atomic E-state index is -0.340. The Morgan fingerprint density at radius 2 is 2.10 bits per heavy atom. The number of benzene rings is 1. The van der Waals surface area contributed by atoms with Crippen LogP contribution in [-0.4, -0.2) is 43.5 Å². The van der Waals surface area contributed by atoms with Crippen molar-refractivity contribution in [1.29, 1.82) is 0 Å². The number of piperidine rings is 1. The van der Waals surface area contributed by atoms with Gasteiger partial charge in [0.1, 0.15) is 5.82 Å². The maximum atomic E-state index is 13.0. The van der Waals surface area contributed by atoms with Crippen molar-refractivity contribution >= 4 is 24.0 Å². The van der Waals surface area contributed by atoms with Crippen LogP contribution in [0.2, 0.25) is 0 Å². The Morgan fingerprint density at radius 3 is 2.70 bits per heavy atom. The van der Waals surface area contributed by atoms with Crippen molar-refractivity contribution in [3.63, 3.8) is 0 Å². The summed E-state index contributed by atoms with van der Waals surface area (Å²) in [6.07, 6.45) is 2.12. The molecule has 0 bridgehead atoms. The first-order chi connectivity index (χ1) is 9.17. The highest BCUT2D eigenvalue weighted by Gasteiger charge is 2.19. The van der Waals surface area contributed by atoms with Gasteiger partial charge in [-0.3, -0.25) is 9.69 Å². The van der Waals surface area contributed by atoms with Gasteiger partial charge < -0.3 is 10.6 Å². The molecule has 1 fully saturated rings. The van der Waals surface area contributed by atoms with Gasteiger partial charge in [0.2, 0.25) is 5.91 Å². The summed E-state index contributed by atoms with van der Waals surface area (Å²) < 4.78 is 13.0. The highest BCUT2D eigenvalue weighted by atomic mass is 35.5. The molecule has 20 heavy (non-hydrogen) atoms. The van der Waals surface area contributed by atoms with Crippen LogP contribution in [0, 0.1) is 5.82 Å². The van der Waals surface area contributed by atoms with E-state index in [1.165, 1.54) is 12.1 Å². The van der Waals surface area contributed by atoms with Crippen molar-refractivity contribution in [3.05, 3.63) is 30.1 Å². The van der Waals surface area contributed by atoms with Crippen LogP contribution in [0.4, 0.5) is 10.1 Å². The second-order valence-corrected chi connectivity index (χ2v) is 4.90. The SMILES string of the molecule is CNC1CCN(CC(=O)Nc2cccc(F)c2)CC1.Cl. The Morgan fingerprint density at radius 1 is 1.40 bits per heavy atom. The van der Waals surface area contributed by atoms with E-state index in [9.17, 15) is 9.18 Å². The average Bonchev–Trinajstić information content (AvgIpc) is 2.39. The topological polar surface area (TPSA) is 44.4 Å². The Bertz CT molecular complexity index is 436. The molecule has 1 aromatic rings. The standard InChI is InChI=1S/C14H20FN3O.ClH/c1-16-12-5-7-18(8-6-12)10-14(19)17-13-4-2-3-11(15)9-13;/h2-4,9,12,16H,5-8,10H2,1H3,(H,17,19);1H. The van der Waals surface area contributed by atoms with Crippen LogP contribution in [0.3, 0.4) is 0 Å². The van der Waals surface area contributed by atoms with Gasteiger partial charge in [0.05, 0.1) is 6.54 Å². The molecule has 6 heteroatoms. The molecule has 4 nitrogen and oxygen atoms in total. The third kappa shape index (κ3) is 5.07. The Balaban J connectivity index is 0.00000200. The number of hydrogen-bond donors (Lipinski definition) is 2. The predicted octanol–water partition coefficient (Wildman–Crippen LogP) is 1.87. The third-order valence-corrected chi connectivity index (χ3v) is 3.47. The smallest absolute Gasteiger partial charge is 0.238 e. The molecule has 112 valence electrons. The Labute approximate surface area is 125 Å². The lowest BCUT2D eigenvalue weighted by Gasteiger charge is -2.31. The number of amides is 1. The average molecular weight is 302 g/mol. The van der Waals surface area contributed by atoms with E-state index < -0.39 is 0 Å². The number of halogens is 2. The van der Waals surface area contributed by atoms with Crippen molar-refractivity contribution in [2.24, 2.45) is 0 Å². The van der Waals surface area contributed by atoms with Crippen LogP contribution in [0.1, 0.15) is 12.8 Å². The van der Waals surface area contributed by atoms with E-state index in [2.05, 4.69) is 15.5 Å². The first-order valence-electron chi connectivity index (χ1n) is 6.62. The molecule has 1 aliphatic heterocycles. The van der Waals surface area contributed by atoms with Gasteiger partial charge in [-0.25, -0.2) is 4.39 Å². The molecule has 1 aliphatic rings. The number of carbonyl (C=O) groups excluding carboxylic acids is 1. The first-order valence-corrected chi connectivity index (χ1v) is 6.62. The molecule has 1 saturated heterocycles. The van der Waals surface area contributed by atoms with Crippen molar-refractivity contribution in [2.75, 3.05) is 32.0 Å². The van der Waals surface area contributed by atoms with E-state index >= 15 is 0 Å². The van der Waals surface area contributed by atoms with Gasteiger partial charge in [0.15, 0.2) is 0 Å². The molecule has 1 aromatic carbocycles. The summed E-state index contributed by atoms with van der Waals surface area (Å²) in [7, 11) is 1.97. The fourth-order valence-corrected chi connectivity index (χ4v) is 2.35. The zero-order chi connectivity index (χ0) is 13.7. The molecule has 0 aromatic heterocycles. The molecular formula is C14H21ClFN3O. The van der Waals surface area contributed by atoms with Gasteiger partial charge in [-0.2, -0.15) is 0 Å². The lowest BCUT2D eigenvalue weighted by molar-refractivity contribution is -0.117. The van der Waals surface area contributed by atoms with Gasteiger partial charge in [0, 0.05) is 24.8 Å². The van der Waals surface area contributed by atoms with Gasteiger partial charge in [-0.05, 0) is 38.1 Å². The molecule has 1 amide bonds. The highest BCUT2D eigenvalue weighted by molar-refractivity contribution is 5.92. The molecule has 2 N–H and O–H groups in total. The van der Waals surface area contributed by atoms with Crippen LogP contribution in [-0.2, 0) is 4.79 Å². The molecular weight excluding hydrogens is 281 g/mol. The fraction of sp³-hybridized carbons (Fsp3) is 0.500. The van der Waals surface area contributed by atoms with Crippen LogP contribution in [0.15, 0.2) is 24.3 Å². The summed E-state index contributed by atoms with van der Waals surface area (Å²) in [6.45, 7) is 2.21. The van der Waals surface area contributed by atoms with E-state index in [1.54, 1.807) is 12.1 Å². The van der Waals surface area contributed by atoms with E-state index in [4.69, 9.17) is 0 Å². The van der Waals surface area contributed by atoms with Gasteiger partial charge in [-0.15, -0.1) is 12.4 Å². The number of likely N-dealkylation sites (tertiary alicyclic amines) is 1. The number of hydrogen-bond acceptors (Lipinski definition) is 3. The van der Waals surface area contributed by atoms with Crippen LogP contribution in [0.5, 0.6) is 0 Å². The van der Waals surface area contributed by atoms with Crippen LogP contribution >= 0.6 is 12.4 Å². The van der Waals surface area contributed by atoms with Crippen molar-refractivity contribution < 1.29 is 9.18 Å². The number of carbonyl (C=O) groups is 1. The van der Waals surface area contributed by atoms with Crippen molar-refractivity contribution in [2.45, 2.75) is 18.9 Å². The molecule has 0 unspecified atom stereocenters. The summed E-state index contributed by atoms with van der Waals surface area (Å²) in [5, 5.41) is 5.97. The van der Waals surface area contributed by atoms with E-state index in [0.717, 1.165) is 25.9 Å². The number of nitrogens with one attached hydrogen (secondary N) is 2. The van der Waals surface area contributed by atoms with E-state index in [-0.39, 0.29) is 24.1 Å². The molecule has 0 aliphatic carbocycles. The lowest BCUT2D eigenvalue weighted by Crippen LogP contribution is -2.44. The predicted molar refractivity (Wildman–Crippen MR) is 80.8 cm³/mol. The van der Waals surface area contributed by atoms with Crippen LogP contribution in [0.25, 0.3) is 0 Å². The normalized spacial score (nSPS) is 16.5. The van der Waals surface area contributed by atoms with Crippen molar-refractivity contribution in [3.8, 4) is 0 Å². The van der Waals surface area contributed by atoms with Gasteiger partial charge in [0.25, 0.3) is 0 Å². The van der Waals surface area contributed by atoms with Crippen molar-refractivity contribution in [1.82, 2.24) is 10.2 Å².